The number of rotatable bonds is 2. The molecule has 0 spiro atoms. The molecular formula is C8H29BrO3Si2. The van der Waals surface area contributed by atoms with E-state index < -0.39 is 8.56 Å². The Morgan fingerprint density at radius 2 is 1.00 bits per heavy atom. The molecule has 0 unspecified atom stereocenters. The lowest BCUT2D eigenvalue weighted by atomic mass is 11.6. The van der Waals surface area contributed by atoms with E-state index in [4.69, 9.17) is 8.85 Å². The molecule has 0 amide bonds. The zero-order valence-corrected chi connectivity index (χ0v) is 11.7. The van der Waals surface area contributed by atoms with Gasteiger partial charge < -0.3 is 13.6 Å². The van der Waals surface area contributed by atoms with Crippen molar-refractivity contribution in [3.05, 3.63) is 0 Å². The maximum atomic E-state index is 5.00. The molecule has 0 N–H and O–H groups in total. The third-order valence-electron chi connectivity index (χ3n) is 0.983. The number of hydrogen-bond acceptors (Lipinski definition) is 3. The first-order valence-corrected chi connectivity index (χ1v) is 7.82. The second-order valence-electron chi connectivity index (χ2n) is 2.22. The first kappa shape index (κ1) is 29.3. The van der Waals surface area contributed by atoms with Gasteiger partial charge in [-0.05, 0) is 29.9 Å². The third-order valence-corrected chi connectivity index (χ3v) is 2.95. The molecule has 0 bridgehead atoms. The monoisotopic (exact) mass is 308 g/mol. The molecule has 0 saturated carbocycles. The Morgan fingerprint density at radius 1 is 0.857 bits per heavy atom. The van der Waals surface area contributed by atoms with E-state index in [1.807, 2.05) is 18.9 Å². The Labute approximate surface area is 104 Å². The summed E-state index contributed by atoms with van der Waals surface area (Å²) >= 11 is 2.94. The van der Waals surface area contributed by atoms with Crippen LogP contribution in [0.4, 0.5) is 0 Å². The number of halogens is 1. The number of ether oxygens (including phenoxy) is 1. The smallest absolute Gasteiger partial charge is 0.331 e. The first-order chi connectivity index (χ1) is 5.54. The molecule has 0 heterocycles. The molecule has 0 aliphatic rings. The maximum Gasteiger partial charge on any atom is 0.331 e. The van der Waals surface area contributed by atoms with Gasteiger partial charge in [-0.3, -0.25) is 0 Å². The van der Waals surface area contributed by atoms with E-state index in [0.29, 0.717) is 0 Å². The highest BCUT2D eigenvalue weighted by molar-refractivity contribution is 9.08. The summed E-state index contributed by atoms with van der Waals surface area (Å²) in [6.45, 7) is 3.99. The molecule has 0 aromatic carbocycles. The van der Waals surface area contributed by atoms with Crippen molar-refractivity contribution in [2.45, 2.75) is 20.5 Å². The number of hydrogen-bond donors (Lipinski definition) is 0. The molecule has 0 fully saturated rings. The molecule has 3 nitrogen and oxygen atoms in total. The summed E-state index contributed by atoms with van der Waals surface area (Å²) in [7, 11) is 4.95. The zero-order chi connectivity index (χ0) is 10.6. The van der Waals surface area contributed by atoms with Gasteiger partial charge in [0, 0.05) is 28.4 Å². The minimum atomic E-state index is -1.65. The Hall–Kier alpha value is 0.794. The summed E-state index contributed by atoms with van der Waals surface area (Å²) < 4.78 is 14.3. The molecule has 0 aromatic rings. The van der Waals surface area contributed by atoms with Crippen molar-refractivity contribution in [1.82, 2.24) is 0 Å². The van der Waals surface area contributed by atoms with Gasteiger partial charge in [0.25, 0.3) is 0 Å². The maximum absolute atomic E-state index is 5.00. The van der Waals surface area contributed by atoms with Gasteiger partial charge >= 0.3 is 8.56 Å². The van der Waals surface area contributed by atoms with Crippen molar-refractivity contribution in [2.75, 3.05) is 34.3 Å². The second-order valence-corrected chi connectivity index (χ2v) is 5.83. The van der Waals surface area contributed by atoms with Crippen LogP contribution in [0, 0.1) is 0 Å². The van der Waals surface area contributed by atoms with Crippen molar-refractivity contribution in [3.63, 3.8) is 0 Å². The standard InChI is InChI=1S/C4H12O2Si.C2H6O.CH3Br.CH4.H4Si/c1-5-7(3,4)6-2;1-3-2;1-2;;/h1-4H3;1-2H3;1H3;2*1H4. The van der Waals surface area contributed by atoms with E-state index in [2.05, 4.69) is 20.7 Å². The molecular weight excluding hydrogens is 280 g/mol. The van der Waals surface area contributed by atoms with Crippen LogP contribution >= 0.6 is 15.9 Å². The quantitative estimate of drug-likeness (QED) is 0.571. The Kier molecular flexibility index (Phi) is 49.3. The van der Waals surface area contributed by atoms with Gasteiger partial charge in [0.2, 0.25) is 0 Å². The van der Waals surface area contributed by atoms with Crippen LogP contribution in [0.25, 0.3) is 0 Å². The normalized spacial score (nSPS) is 7.71. The molecule has 6 heteroatoms. The largest absolute Gasteiger partial charge is 0.398 e. The van der Waals surface area contributed by atoms with E-state index in [1.165, 1.54) is 0 Å². The van der Waals surface area contributed by atoms with Crippen molar-refractivity contribution < 1.29 is 13.6 Å². The fourth-order valence-corrected chi connectivity index (χ4v) is 0.250. The average molecular weight is 309 g/mol. The summed E-state index contributed by atoms with van der Waals surface area (Å²) in [5.41, 5.74) is 0. The van der Waals surface area contributed by atoms with Crippen LogP contribution in [-0.4, -0.2) is 53.8 Å². The lowest BCUT2D eigenvalue weighted by Crippen LogP contribution is -2.31. The van der Waals surface area contributed by atoms with Gasteiger partial charge in [-0.25, -0.2) is 0 Å². The zero-order valence-electron chi connectivity index (χ0n) is 9.10. The lowest BCUT2D eigenvalue weighted by molar-refractivity contribution is 0.258. The van der Waals surface area contributed by atoms with Gasteiger partial charge in [-0.1, -0.05) is 23.4 Å². The minimum absolute atomic E-state index is 0. The van der Waals surface area contributed by atoms with Gasteiger partial charge in [0.1, 0.15) is 0 Å². The van der Waals surface area contributed by atoms with Crippen LogP contribution in [0.2, 0.25) is 13.1 Å². The molecule has 0 radical (unpaired) electrons. The molecule has 0 atom stereocenters. The average Bonchev–Trinajstić information content (AvgIpc) is 2.10. The summed E-state index contributed by atoms with van der Waals surface area (Å²) in [6.07, 6.45) is 0. The van der Waals surface area contributed by atoms with Crippen LogP contribution in [0.1, 0.15) is 7.43 Å². The van der Waals surface area contributed by atoms with E-state index in [9.17, 15) is 0 Å². The lowest BCUT2D eigenvalue weighted by Gasteiger charge is -2.15. The van der Waals surface area contributed by atoms with Gasteiger partial charge in [-0.15, -0.1) is 0 Å². The Bertz CT molecular complexity index is 69.6. The molecule has 94 valence electrons. The van der Waals surface area contributed by atoms with Crippen molar-refractivity contribution >= 4 is 35.5 Å². The van der Waals surface area contributed by atoms with E-state index in [1.54, 1.807) is 28.4 Å². The van der Waals surface area contributed by atoms with Gasteiger partial charge in [-0.2, -0.15) is 0 Å². The summed E-state index contributed by atoms with van der Waals surface area (Å²) in [5.74, 6) is 1.81. The van der Waals surface area contributed by atoms with Gasteiger partial charge in [0.05, 0.1) is 0 Å². The molecule has 14 heavy (non-hydrogen) atoms. The summed E-state index contributed by atoms with van der Waals surface area (Å²) in [6, 6.07) is 0. The topological polar surface area (TPSA) is 27.7 Å². The molecule has 0 rings (SSSR count). The molecule has 0 aromatic heterocycles. The summed E-state index contributed by atoms with van der Waals surface area (Å²) in [4.78, 5) is 0. The molecule has 0 saturated heterocycles. The Morgan fingerprint density at radius 3 is 1.00 bits per heavy atom. The fraction of sp³-hybridized carbons (Fsp3) is 1.00. The highest BCUT2D eigenvalue weighted by Crippen LogP contribution is 1.99. The van der Waals surface area contributed by atoms with Crippen LogP contribution in [0.5, 0.6) is 0 Å². The van der Waals surface area contributed by atoms with Crippen LogP contribution in [0.3, 0.4) is 0 Å². The summed E-state index contributed by atoms with van der Waals surface area (Å²) in [5, 5.41) is 0. The van der Waals surface area contributed by atoms with Crippen LogP contribution in [-0.2, 0) is 13.6 Å². The predicted molar refractivity (Wildman–Crippen MR) is 77.3 cm³/mol. The fourth-order valence-electron chi connectivity index (χ4n) is 0.0833. The van der Waals surface area contributed by atoms with Crippen LogP contribution < -0.4 is 0 Å². The second kappa shape index (κ2) is 23.5. The van der Waals surface area contributed by atoms with Crippen molar-refractivity contribution in [2.24, 2.45) is 0 Å². The van der Waals surface area contributed by atoms with E-state index >= 15 is 0 Å². The van der Waals surface area contributed by atoms with Gasteiger partial charge in [0.15, 0.2) is 0 Å². The number of alkyl halides is 1. The Balaban J connectivity index is -0.0000000337. The molecule has 0 aliphatic carbocycles. The molecule has 0 aliphatic heterocycles. The SMILES string of the molecule is C.CBr.COC.CO[Si](C)(C)OC.[SiH4]. The van der Waals surface area contributed by atoms with Crippen molar-refractivity contribution in [3.8, 4) is 0 Å². The first-order valence-electron chi connectivity index (χ1n) is 3.42. The van der Waals surface area contributed by atoms with E-state index in [-0.39, 0.29) is 18.4 Å². The third kappa shape index (κ3) is 38.6. The number of methoxy groups -OCH3 is 1. The predicted octanol–water partition coefficient (Wildman–Crippen LogP) is 1.44. The van der Waals surface area contributed by atoms with Crippen molar-refractivity contribution in [1.29, 1.82) is 0 Å². The van der Waals surface area contributed by atoms with E-state index in [0.717, 1.165) is 0 Å². The minimum Gasteiger partial charge on any atom is -0.398 e. The highest BCUT2D eigenvalue weighted by atomic mass is 79.9. The highest BCUT2D eigenvalue weighted by Gasteiger charge is 2.19. The van der Waals surface area contributed by atoms with Crippen LogP contribution in [0.15, 0.2) is 0 Å².